The minimum absolute atomic E-state index is 0.00671. The van der Waals surface area contributed by atoms with Gasteiger partial charge in [-0.25, -0.2) is 9.59 Å². The summed E-state index contributed by atoms with van der Waals surface area (Å²) in [6.45, 7) is 19.7. The number of nitrogens with two attached hydrogens (primary N) is 1. The maximum absolute atomic E-state index is 13.5. The number of hydrogen-bond acceptors (Lipinski definition) is 10. The van der Waals surface area contributed by atoms with Crippen molar-refractivity contribution in [3.63, 3.8) is 0 Å². The van der Waals surface area contributed by atoms with Gasteiger partial charge in [-0.2, -0.15) is 0 Å². The van der Waals surface area contributed by atoms with Gasteiger partial charge in [0.1, 0.15) is 30.5 Å². The van der Waals surface area contributed by atoms with Gasteiger partial charge in [-0.15, -0.1) is 0 Å². The zero-order chi connectivity index (χ0) is 71.7. The predicted molar refractivity (Wildman–Crippen MR) is 405 cm³/mol. The Labute approximate surface area is 606 Å². The lowest BCUT2D eigenvalue weighted by atomic mass is 9.59. The van der Waals surface area contributed by atoms with Crippen LogP contribution in [0.25, 0.3) is 22.3 Å². The number of nitrogens with one attached hydrogen (secondary N) is 2. The van der Waals surface area contributed by atoms with Gasteiger partial charge in [0.2, 0.25) is 0 Å². The summed E-state index contributed by atoms with van der Waals surface area (Å²) < 4.78 is 23.4. The van der Waals surface area contributed by atoms with Crippen LogP contribution in [0.4, 0.5) is 9.59 Å². The van der Waals surface area contributed by atoms with Gasteiger partial charge in [-0.05, 0) is 201 Å². The molecule has 0 saturated heterocycles. The van der Waals surface area contributed by atoms with Crippen molar-refractivity contribution in [2.24, 2.45) is 34.3 Å². The third kappa shape index (κ3) is 15.4. The number of fused-ring (bicyclic) bond motifs is 18. The van der Waals surface area contributed by atoms with E-state index in [-0.39, 0.29) is 81.2 Å². The highest BCUT2D eigenvalue weighted by atomic mass is 16.6. The van der Waals surface area contributed by atoms with Crippen LogP contribution < -0.4 is 25.8 Å². The Morgan fingerprint density at radius 1 is 0.441 bits per heavy atom. The molecule has 0 aromatic heterocycles. The molecule has 12 heteroatoms. The van der Waals surface area contributed by atoms with Crippen molar-refractivity contribution in [3.8, 4) is 39.5 Å². The number of esters is 2. The summed E-state index contributed by atoms with van der Waals surface area (Å²) >= 11 is 0. The van der Waals surface area contributed by atoms with Gasteiger partial charge in [-0.3, -0.25) is 9.59 Å². The number of ether oxygens (including phenoxy) is 4. The number of hydrogen-bond donors (Lipinski definition) is 4. The lowest BCUT2D eigenvalue weighted by molar-refractivity contribution is -0.137. The number of alkyl carbamates (subject to hydrolysis) is 2. The number of phenols is 1. The molecule has 0 radical (unpaired) electrons. The van der Waals surface area contributed by atoms with Gasteiger partial charge in [0, 0.05) is 46.2 Å². The van der Waals surface area contributed by atoms with Crippen LogP contribution in [-0.2, 0) is 54.6 Å². The Kier molecular flexibility index (Phi) is 21.1. The molecule has 8 aliphatic rings. The fourth-order valence-electron chi connectivity index (χ4n) is 19.4. The van der Waals surface area contributed by atoms with E-state index in [1.165, 1.54) is 129 Å². The standard InChI is InChI=1S/C37H43NO4.C31H33NO3.C22H33NO2/c1-36(2,3)22-33(39)42-26-18-17-24-20-25-12-6-5-11-19-37(4,32(24)21-26)34(25)38-35(40)41-23-31-29-15-9-7-13-27(29)28-14-8-10-16-30(28)31;1-31-16-8-2-3-9-21(17-20-14-15-22(33)18-28(20)31)29(31)32-30(34)35-19-27-25-12-6-4-10-23(25)24-11-5-7-13-26(24)27;1-21(2,3)14-19(24)25-17-10-9-15-12-16-8-6-5-7-11-22(4,20(16)23)18(15)13-17/h7-10,13-18,21,25,31,34H,5-6,11-12,19-20,22-23H2,1-4H3,(H,38,40);4-7,10-15,18,21,27,29,33H,2-3,8-9,16-17,19H2,1H3,(H,32,34);9-10,13,16,20H,5-8,11-12,14,23H2,1-4H3/t25-,34-,37+;21-,29-,31+;16-,20-,22+/m000/s1. The van der Waals surface area contributed by atoms with E-state index < -0.39 is 0 Å². The van der Waals surface area contributed by atoms with Gasteiger partial charge >= 0.3 is 24.1 Å². The maximum Gasteiger partial charge on any atom is 0.407 e. The topological polar surface area (TPSA) is 176 Å². The number of carbonyl (C=O) groups excluding carboxylic acids is 4. The molecular formula is C90H109N3O9. The Hall–Kier alpha value is -8.22. The van der Waals surface area contributed by atoms with Crippen molar-refractivity contribution >= 4 is 24.1 Å². The van der Waals surface area contributed by atoms with Crippen LogP contribution in [0.1, 0.15) is 239 Å². The number of benzene rings is 7. The van der Waals surface area contributed by atoms with Crippen molar-refractivity contribution in [1.82, 2.24) is 10.6 Å². The largest absolute Gasteiger partial charge is 0.508 e. The average molecular weight is 1380 g/mol. The van der Waals surface area contributed by atoms with Crippen LogP contribution in [0.15, 0.2) is 152 Å². The van der Waals surface area contributed by atoms with E-state index in [0.29, 0.717) is 61.1 Å². The molecule has 9 atom stereocenters. The van der Waals surface area contributed by atoms with Crippen LogP contribution in [0.2, 0.25) is 0 Å². The van der Waals surface area contributed by atoms with Gasteiger partial charge in [0.05, 0.1) is 12.8 Å². The fraction of sp³-hybridized carbons (Fsp3) is 0.489. The Balaban J connectivity index is 0.000000141. The van der Waals surface area contributed by atoms with E-state index in [2.05, 4.69) is 180 Å². The first-order valence-corrected chi connectivity index (χ1v) is 38.3. The maximum atomic E-state index is 13.5. The number of amides is 2. The summed E-state index contributed by atoms with van der Waals surface area (Å²) in [6, 6.07) is 51.9. The third-order valence-corrected chi connectivity index (χ3v) is 24.5. The Morgan fingerprint density at radius 2 is 0.784 bits per heavy atom. The molecule has 102 heavy (non-hydrogen) atoms. The molecule has 538 valence electrons. The van der Waals surface area contributed by atoms with Gasteiger partial charge < -0.3 is 40.4 Å². The summed E-state index contributed by atoms with van der Waals surface area (Å²) in [5.41, 5.74) is 23.5. The average Bonchev–Trinajstić information content (AvgIpc) is 1.31. The fourth-order valence-corrected chi connectivity index (χ4v) is 19.4. The highest BCUT2D eigenvalue weighted by molar-refractivity contribution is 5.81. The first-order chi connectivity index (χ1) is 48.9. The van der Waals surface area contributed by atoms with E-state index in [4.69, 9.17) is 24.7 Å². The second-order valence-corrected chi connectivity index (χ2v) is 34.3. The Morgan fingerprint density at radius 3 is 1.19 bits per heavy atom. The molecule has 0 aliphatic heterocycles. The first-order valence-electron chi connectivity index (χ1n) is 38.3. The van der Waals surface area contributed by atoms with Crippen molar-refractivity contribution in [3.05, 3.63) is 207 Å². The zero-order valence-electron chi connectivity index (χ0n) is 61.9. The molecule has 12 nitrogen and oxygen atoms in total. The van der Waals surface area contributed by atoms with E-state index in [9.17, 15) is 24.3 Å². The number of aromatic hydroxyl groups is 1. The van der Waals surface area contributed by atoms with Crippen LogP contribution in [0, 0.1) is 28.6 Å². The molecule has 7 aromatic rings. The molecule has 0 heterocycles. The zero-order valence-corrected chi connectivity index (χ0v) is 61.9. The van der Waals surface area contributed by atoms with Crippen LogP contribution >= 0.6 is 0 Å². The van der Waals surface area contributed by atoms with E-state index >= 15 is 0 Å². The van der Waals surface area contributed by atoms with Crippen molar-refractivity contribution < 1.29 is 43.2 Å². The molecule has 8 aliphatic carbocycles. The molecule has 2 amide bonds. The number of phenolic OH excluding ortho intramolecular Hbond substituents is 1. The summed E-state index contributed by atoms with van der Waals surface area (Å²) in [6.07, 6.45) is 20.3. The highest BCUT2D eigenvalue weighted by Gasteiger charge is 2.50. The minimum atomic E-state index is -0.352. The molecule has 0 spiro atoms. The van der Waals surface area contributed by atoms with Gasteiger partial charge in [0.15, 0.2) is 0 Å². The van der Waals surface area contributed by atoms with Gasteiger partial charge in [-0.1, -0.05) is 235 Å². The van der Waals surface area contributed by atoms with Crippen molar-refractivity contribution in [2.75, 3.05) is 13.2 Å². The van der Waals surface area contributed by atoms with Crippen LogP contribution in [0.5, 0.6) is 17.2 Å². The van der Waals surface area contributed by atoms with Crippen molar-refractivity contribution in [1.29, 1.82) is 0 Å². The molecule has 5 N–H and O–H groups in total. The smallest absolute Gasteiger partial charge is 0.407 e. The second kappa shape index (κ2) is 29.9. The summed E-state index contributed by atoms with van der Waals surface area (Å²) in [7, 11) is 0. The molecule has 0 unspecified atom stereocenters. The van der Waals surface area contributed by atoms with E-state index in [0.717, 1.165) is 64.2 Å². The first kappa shape index (κ1) is 72.1. The van der Waals surface area contributed by atoms with E-state index in [1.54, 1.807) is 6.07 Å². The quantitative estimate of drug-likeness (QED) is 0.0762. The van der Waals surface area contributed by atoms with Gasteiger partial charge in [0.25, 0.3) is 0 Å². The molecule has 7 aromatic carbocycles. The molecule has 15 rings (SSSR count). The summed E-state index contributed by atoms with van der Waals surface area (Å²) in [4.78, 5) is 51.6. The normalized spacial score (nSPS) is 25.2. The lowest BCUT2D eigenvalue weighted by Crippen LogP contribution is -2.57. The number of carbonyl (C=O) groups is 4. The molecule has 3 fully saturated rings. The predicted octanol–water partition coefficient (Wildman–Crippen LogP) is 19.8. The van der Waals surface area contributed by atoms with Crippen LogP contribution in [0.3, 0.4) is 0 Å². The SMILES string of the molecule is CC(C)(C)CC(=O)Oc1ccc2c(c1)[C@@]1(C)CCCCC[C@@H](C2)[C@@H]1N.CC(C)(C)CC(=O)Oc1ccc2c(c1)[C@@]1(C)CCCCC[C@@H](C2)[C@@H]1NC(=O)OCC1c2ccccc2-c2ccccc21.C[C@@]12CCCCC[C@@H](Cc3ccc(O)cc31)[C@@H]2NC(=O)OCC1c2ccccc2-c2ccccc21. The molecular weight excluding hydrogens is 1270 g/mol. The second-order valence-electron chi connectivity index (χ2n) is 34.3. The monoisotopic (exact) mass is 1380 g/mol. The Bertz CT molecular complexity index is 4130. The van der Waals surface area contributed by atoms with Crippen molar-refractivity contribution in [2.45, 2.75) is 237 Å². The minimum Gasteiger partial charge on any atom is -0.508 e. The summed E-state index contributed by atoms with van der Waals surface area (Å²) in [5, 5.41) is 16.9. The van der Waals surface area contributed by atoms with Crippen LogP contribution in [-0.4, -0.2) is 60.6 Å². The lowest BCUT2D eigenvalue weighted by Gasteiger charge is -2.49. The molecule has 6 bridgehead atoms. The summed E-state index contributed by atoms with van der Waals surface area (Å²) in [5.74, 6) is 2.54. The highest BCUT2D eigenvalue weighted by Crippen LogP contribution is 2.52. The number of rotatable bonds is 10. The van der Waals surface area contributed by atoms with E-state index in [1.807, 2.05) is 39.0 Å². The molecule has 3 saturated carbocycles. The third-order valence-electron chi connectivity index (χ3n) is 24.5.